The first-order valence-corrected chi connectivity index (χ1v) is 4.53. The summed E-state index contributed by atoms with van der Waals surface area (Å²) in [7, 11) is 1.31. The second-order valence-corrected chi connectivity index (χ2v) is 3.69. The molecule has 0 aromatic heterocycles. The molecule has 0 aromatic carbocycles. The molecule has 1 heterocycles. The van der Waals surface area contributed by atoms with Crippen molar-refractivity contribution in [3.05, 3.63) is 0 Å². The van der Waals surface area contributed by atoms with E-state index in [1.54, 1.807) is 13.8 Å². The maximum Gasteiger partial charge on any atom is 0.335 e. The predicted octanol–water partition coefficient (Wildman–Crippen LogP) is 0.0619. The molecule has 1 saturated heterocycles. The van der Waals surface area contributed by atoms with Crippen LogP contribution < -0.4 is 0 Å². The first kappa shape index (κ1) is 11.4. The zero-order valence-electron chi connectivity index (χ0n) is 8.65. The minimum atomic E-state index is -0.857. The van der Waals surface area contributed by atoms with Gasteiger partial charge in [0.05, 0.1) is 19.8 Å². The van der Waals surface area contributed by atoms with Gasteiger partial charge in [0.15, 0.2) is 11.9 Å². The van der Waals surface area contributed by atoms with Crippen molar-refractivity contribution in [3.8, 4) is 0 Å². The molecule has 2 atom stereocenters. The van der Waals surface area contributed by atoms with Gasteiger partial charge < -0.3 is 19.3 Å². The summed E-state index contributed by atoms with van der Waals surface area (Å²) in [5.74, 6) is -1.29. The zero-order valence-corrected chi connectivity index (χ0v) is 8.65. The fourth-order valence-electron chi connectivity index (χ4n) is 1.49. The molecule has 1 aliphatic heterocycles. The van der Waals surface area contributed by atoms with Crippen LogP contribution in [-0.2, 0) is 19.0 Å². The lowest BCUT2D eigenvalue weighted by molar-refractivity contribution is -0.301. The number of ether oxygens (including phenoxy) is 3. The van der Waals surface area contributed by atoms with Crippen LogP contribution in [0.15, 0.2) is 0 Å². The molecule has 0 spiro atoms. The fourth-order valence-corrected chi connectivity index (χ4v) is 1.49. The molecule has 1 fully saturated rings. The van der Waals surface area contributed by atoms with Gasteiger partial charge in [0.1, 0.15) is 0 Å². The second kappa shape index (κ2) is 4.25. The monoisotopic (exact) mass is 204 g/mol. The molecule has 82 valence electrons. The molecule has 1 aliphatic rings. The third-order valence-electron chi connectivity index (χ3n) is 2.02. The molecule has 0 radical (unpaired) electrons. The van der Waals surface area contributed by atoms with Gasteiger partial charge in [-0.2, -0.15) is 0 Å². The zero-order chi connectivity index (χ0) is 10.8. The van der Waals surface area contributed by atoms with Gasteiger partial charge in [0.2, 0.25) is 0 Å². The van der Waals surface area contributed by atoms with E-state index < -0.39 is 17.9 Å². The van der Waals surface area contributed by atoms with Gasteiger partial charge in [-0.3, -0.25) is 0 Å². The predicted molar refractivity (Wildman–Crippen MR) is 47.5 cm³/mol. The molecule has 2 unspecified atom stereocenters. The van der Waals surface area contributed by atoms with E-state index in [9.17, 15) is 4.79 Å². The average molecular weight is 204 g/mol. The highest BCUT2D eigenvalue weighted by Crippen LogP contribution is 2.26. The average Bonchev–Trinajstić information content (AvgIpc) is 2.14. The third kappa shape index (κ3) is 2.67. The number of hydrogen-bond acceptors (Lipinski definition) is 5. The van der Waals surface area contributed by atoms with Crippen molar-refractivity contribution >= 4 is 5.97 Å². The van der Waals surface area contributed by atoms with Gasteiger partial charge in [0.25, 0.3) is 0 Å². The minimum Gasteiger partial charge on any atom is -0.467 e. The highest BCUT2D eigenvalue weighted by Gasteiger charge is 2.39. The van der Waals surface area contributed by atoms with E-state index in [-0.39, 0.29) is 12.7 Å². The van der Waals surface area contributed by atoms with E-state index in [4.69, 9.17) is 14.6 Å². The molecular weight excluding hydrogens is 188 g/mol. The molecule has 0 amide bonds. The van der Waals surface area contributed by atoms with E-state index in [1.807, 2.05) is 0 Å². The SMILES string of the molecule is COC(=O)C1CC(CO)OC(C)(C)O1. The van der Waals surface area contributed by atoms with Crippen molar-refractivity contribution in [3.63, 3.8) is 0 Å². The lowest BCUT2D eigenvalue weighted by Crippen LogP contribution is -2.48. The van der Waals surface area contributed by atoms with Crippen LogP contribution in [0.1, 0.15) is 20.3 Å². The van der Waals surface area contributed by atoms with Gasteiger partial charge >= 0.3 is 5.97 Å². The minimum absolute atomic E-state index is 0.125. The van der Waals surface area contributed by atoms with Crippen molar-refractivity contribution in [1.29, 1.82) is 0 Å². The highest BCUT2D eigenvalue weighted by molar-refractivity contribution is 5.74. The summed E-state index contributed by atoms with van der Waals surface area (Å²) in [6.07, 6.45) is -0.698. The van der Waals surface area contributed by atoms with Crippen LogP contribution in [0.25, 0.3) is 0 Å². The van der Waals surface area contributed by atoms with Crippen LogP contribution in [-0.4, -0.2) is 42.8 Å². The Bertz CT molecular complexity index is 213. The molecule has 5 heteroatoms. The number of aliphatic hydroxyl groups is 1. The summed E-state index contributed by atoms with van der Waals surface area (Å²) in [5, 5.41) is 8.96. The van der Waals surface area contributed by atoms with E-state index in [0.717, 1.165) is 0 Å². The number of esters is 1. The van der Waals surface area contributed by atoms with Gasteiger partial charge in [-0.05, 0) is 13.8 Å². The maximum atomic E-state index is 11.2. The molecule has 1 N–H and O–H groups in total. The molecule has 0 aliphatic carbocycles. The summed E-state index contributed by atoms with van der Waals surface area (Å²) in [4.78, 5) is 11.2. The molecule has 5 nitrogen and oxygen atoms in total. The number of carbonyl (C=O) groups is 1. The van der Waals surface area contributed by atoms with Gasteiger partial charge in [-0.15, -0.1) is 0 Å². The first-order chi connectivity index (χ1) is 6.48. The standard InChI is InChI=1S/C9H16O5/c1-9(2)13-6(5-10)4-7(14-9)8(11)12-3/h6-7,10H,4-5H2,1-3H3. The van der Waals surface area contributed by atoms with Crippen molar-refractivity contribution in [2.24, 2.45) is 0 Å². The largest absolute Gasteiger partial charge is 0.467 e. The van der Waals surface area contributed by atoms with Crippen molar-refractivity contribution in [2.75, 3.05) is 13.7 Å². The summed E-state index contributed by atoms with van der Waals surface area (Å²) < 4.78 is 15.3. The first-order valence-electron chi connectivity index (χ1n) is 4.53. The Labute approximate surface area is 82.9 Å². The maximum absolute atomic E-state index is 11.2. The van der Waals surface area contributed by atoms with Crippen LogP contribution in [0, 0.1) is 0 Å². The molecule has 0 aromatic rings. The van der Waals surface area contributed by atoms with Crippen molar-refractivity contribution in [2.45, 2.75) is 38.3 Å². The number of aliphatic hydroxyl groups excluding tert-OH is 1. The molecule has 0 saturated carbocycles. The lowest BCUT2D eigenvalue weighted by Gasteiger charge is -2.38. The summed E-state index contributed by atoms with van der Waals surface area (Å²) in [5.41, 5.74) is 0. The van der Waals surface area contributed by atoms with E-state index in [1.165, 1.54) is 7.11 Å². The van der Waals surface area contributed by atoms with Crippen LogP contribution in [0.4, 0.5) is 0 Å². The van der Waals surface area contributed by atoms with E-state index in [2.05, 4.69) is 4.74 Å². The lowest BCUT2D eigenvalue weighted by atomic mass is 10.1. The Balaban J connectivity index is 2.65. The van der Waals surface area contributed by atoms with Crippen molar-refractivity contribution < 1.29 is 24.1 Å². The number of rotatable bonds is 2. The normalized spacial score (nSPS) is 31.1. The quantitative estimate of drug-likeness (QED) is 0.644. The molecule has 1 rings (SSSR count). The van der Waals surface area contributed by atoms with Crippen LogP contribution in [0.5, 0.6) is 0 Å². The number of hydrogen-bond donors (Lipinski definition) is 1. The molecular formula is C9H16O5. The Morgan fingerprint density at radius 2 is 2.21 bits per heavy atom. The smallest absolute Gasteiger partial charge is 0.335 e. The van der Waals surface area contributed by atoms with Gasteiger partial charge in [0, 0.05) is 6.42 Å². The van der Waals surface area contributed by atoms with Gasteiger partial charge in [-0.1, -0.05) is 0 Å². The van der Waals surface area contributed by atoms with Gasteiger partial charge in [-0.25, -0.2) is 4.79 Å². The number of methoxy groups -OCH3 is 1. The Morgan fingerprint density at radius 1 is 1.57 bits per heavy atom. The highest BCUT2D eigenvalue weighted by atomic mass is 16.7. The van der Waals surface area contributed by atoms with E-state index >= 15 is 0 Å². The van der Waals surface area contributed by atoms with E-state index in [0.29, 0.717) is 6.42 Å². The van der Waals surface area contributed by atoms with Crippen LogP contribution in [0.2, 0.25) is 0 Å². The third-order valence-corrected chi connectivity index (χ3v) is 2.02. The topological polar surface area (TPSA) is 65.0 Å². The Hall–Kier alpha value is -0.650. The Kier molecular flexibility index (Phi) is 3.47. The fraction of sp³-hybridized carbons (Fsp3) is 0.889. The molecule has 14 heavy (non-hydrogen) atoms. The summed E-state index contributed by atoms with van der Waals surface area (Å²) in [6, 6.07) is 0. The Morgan fingerprint density at radius 3 is 2.71 bits per heavy atom. The second-order valence-electron chi connectivity index (χ2n) is 3.69. The summed E-state index contributed by atoms with van der Waals surface area (Å²) in [6.45, 7) is 3.27. The summed E-state index contributed by atoms with van der Waals surface area (Å²) >= 11 is 0. The molecule has 0 bridgehead atoms. The van der Waals surface area contributed by atoms with Crippen LogP contribution in [0.3, 0.4) is 0 Å². The van der Waals surface area contributed by atoms with Crippen molar-refractivity contribution in [1.82, 2.24) is 0 Å². The van der Waals surface area contributed by atoms with Crippen LogP contribution >= 0.6 is 0 Å². The number of carbonyl (C=O) groups excluding carboxylic acids is 1.